The van der Waals surface area contributed by atoms with Gasteiger partial charge in [-0.05, 0) is 24.1 Å². The van der Waals surface area contributed by atoms with E-state index < -0.39 is 6.36 Å². The lowest BCUT2D eigenvalue weighted by Crippen LogP contribution is -2.45. The van der Waals surface area contributed by atoms with Crippen molar-refractivity contribution in [2.24, 2.45) is 0 Å². The van der Waals surface area contributed by atoms with E-state index in [1.54, 1.807) is 12.1 Å². The minimum Gasteiger partial charge on any atom is -0.406 e. The number of nitrogens with one attached hydrogen (secondary N) is 1. The van der Waals surface area contributed by atoms with Gasteiger partial charge in [0.2, 0.25) is 0 Å². The molecule has 3 nitrogen and oxygen atoms in total. The molecule has 1 fully saturated rings. The van der Waals surface area contributed by atoms with Crippen LogP contribution in [0.5, 0.6) is 5.75 Å². The summed E-state index contributed by atoms with van der Waals surface area (Å²) in [6.07, 6.45) is -2.18. The van der Waals surface area contributed by atoms with E-state index in [9.17, 15) is 13.2 Å². The van der Waals surface area contributed by atoms with Crippen molar-refractivity contribution in [1.29, 1.82) is 0 Å². The number of piperazine rings is 1. The van der Waals surface area contributed by atoms with Gasteiger partial charge in [0.25, 0.3) is 0 Å². The Morgan fingerprint density at radius 3 is 2.67 bits per heavy atom. The second kappa shape index (κ2) is 6.95. The molecule has 21 heavy (non-hydrogen) atoms. The standard InChI is InChI=1S/C15H19F3N2O/c1-2-4-14(20-9-7-19-8-10-20)12-5-3-6-13(11-12)21-15(16,17)18/h2-3,5-6,11,14,19H,1,4,7-10H2/t14-/m1/s1. The van der Waals surface area contributed by atoms with E-state index in [-0.39, 0.29) is 11.8 Å². The van der Waals surface area contributed by atoms with Crippen molar-refractivity contribution in [3.63, 3.8) is 0 Å². The van der Waals surface area contributed by atoms with Crippen molar-refractivity contribution in [3.8, 4) is 5.75 Å². The second-order valence-electron chi connectivity index (χ2n) is 4.95. The predicted octanol–water partition coefficient (Wildman–Crippen LogP) is 3.11. The van der Waals surface area contributed by atoms with Gasteiger partial charge in [-0.3, -0.25) is 4.90 Å². The van der Waals surface area contributed by atoms with Crippen LogP contribution >= 0.6 is 0 Å². The van der Waals surface area contributed by atoms with Crippen LogP contribution in [-0.2, 0) is 0 Å². The van der Waals surface area contributed by atoms with Crippen LogP contribution in [-0.4, -0.2) is 37.4 Å². The van der Waals surface area contributed by atoms with E-state index in [0.717, 1.165) is 31.7 Å². The number of benzene rings is 1. The van der Waals surface area contributed by atoms with Crippen molar-refractivity contribution in [3.05, 3.63) is 42.5 Å². The molecule has 116 valence electrons. The van der Waals surface area contributed by atoms with E-state index in [1.807, 2.05) is 6.07 Å². The van der Waals surface area contributed by atoms with E-state index in [0.29, 0.717) is 6.42 Å². The zero-order valence-corrected chi connectivity index (χ0v) is 11.7. The molecule has 1 aromatic rings. The number of ether oxygens (including phenoxy) is 1. The second-order valence-corrected chi connectivity index (χ2v) is 4.95. The van der Waals surface area contributed by atoms with Crippen LogP contribution < -0.4 is 10.1 Å². The molecule has 6 heteroatoms. The Kier molecular flexibility index (Phi) is 5.25. The summed E-state index contributed by atoms with van der Waals surface area (Å²) in [5.74, 6) is -0.177. The van der Waals surface area contributed by atoms with Gasteiger partial charge in [0.15, 0.2) is 0 Å². The third-order valence-electron chi connectivity index (χ3n) is 3.46. The highest BCUT2D eigenvalue weighted by molar-refractivity contribution is 5.31. The fraction of sp³-hybridized carbons (Fsp3) is 0.467. The van der Waals surface area contributed by atoms with Crippen LogP contribution in [0.3, 0.4) is 0 Å². The first kappa shape index (κ1) is 15.9. The largest absolute Gasteiger partial charge is 0.573 e. The molecule has 1 saturated heterocycles. The Morgan fingerprint density at radius 1 is 1.33 bits per heavy atom. The third kappa shape index (κ3) is 4.75. The summed E-state index contributed by atoms with van der Waals surface area (Å²) in [6.45, 7) is 7.24. The normalized spacial score (nSPS) is 18.2. The highest BCUT2D eigenvalue weighted by atomic mass is 19.4. The Morgan fingerprint density at radius 2 is 2.05 bits per heavy atom. The summed E-state index contributed by atoms with van der Waals surface area (Å²) in [7, 11) is 0. The highest BCUT2D eigenvalue weighted by Crippen LogP contribution is 2.30. The average molecular weight is 300 g/mol. The molecule has 1 heterocycles. The van der Waals surface area contributed by atoms with Crippen molar-refractivity contribution in [2.45, 2.75) is 18.8 Å². The molecule has 1 aliphatic rings. The Balaban J connectivity index is 2.19. The number of alkyl halides is 3. The lowest BCUT2D eigenvalue weighted by atomic mass is 10.0. The van der Waals surface area contributed by atoms with Crippen LogP contribution in [0.2, 0.25) is 0 Å². The van der Waals surface area contributed by atoms with Gasteiger partial charge in [-0.1, -0.05) is 18.2 Å². The molecule has 1 N–H and O–H groups in total. The summed E-state index contributed by atoms with van der Waals surface area (Å²) >= 11 is 0. The number of rotatable bonds is 5. The number of nitrogens with zero attached hydrogens (tertiary/aromatic N) is 1. The van der Waals surface area contributed by atoms with Gasteiger partial charge in [0.1, 0.15) is 5.75 Å². The summed E-state index contributed by atoms with van der Waals surface area (Å²) in [4.78, 5) is 2.25. The minimum atomic E-state index is -4.67. The molecule has 1 atom stereocenters. The lowest BCUT2D eigenvalue weighted by Gasteiger charge is -2.35. The van der Waals surface area contributed by atoms with Gasteiger partial charge in [-0.25, -0.2) is 0 Å². The molecule has 0 radical (unpaired) electrons. The Labute approximate surface area is 122 Å². The van der Waals surface area contributed by atoms with Crippen LogP contribution in [0.4, 0.5) is 13.2 Å². The molecular formula is C15H19F3N2O. The first-order valence-corrected chi connectivity index (χ1v) is 6.91. The molecule has 0 saturated carbocycles. The van der Waals surface area contributed by atoms with E-state index >= 15 is 0 Å². The van der Waals surface area contributed by atoms with Crippen LogP contribution in [0.15, 0.2) is 36.9 Å². The van der Waals surface area contributed by atoms with Crippen molar-refractivity contribution in [1.82, 2.24) is 10.2 Å². The molecule has 0 aliphatic carbocycles. The quantitative estimate of drug-likeness (QED) is 0.846. The number of halogens is 3. The Bertz CT molecular complexity index is 470. The fourth-order valence-electron chi connectivity index (χ4n) is 2.57. The van der Waals surface area contributed by atoms with E-state index in [1.165, 1.54) is 12.1 Å². The van der Waals surface area contributed by atoms with Crippen LogP contribution in [0.25, 0.3) is 0 Å². The Hall–Kier alpha value is -1.53. The van der Waals surface area contributed by atoms with E-state index in [4.69, 9.17) is 0 Å². The summed E-state index contributed by atoms with van der Waals surface area (Å²) in [5, 5.41) is 3.26. The summed E-state index contributed by atoms with van der Waals surface area (Å²) in [6, 6.07) is 6.23. The smallest absolute Gasteiger partial charge is 0.406 e. The molecule has 0 spiro atoms. The maximum Gasteiger partial charge on any atom is 0.573 e. The lowest BCUT2D eigenvalue weighted by molar-refractivity contribution is -0.274. The topological polar surface area (TPSA) is 24.5 Å². The van der Waals surface area contributed by atoms with Gasteiger partial charge in [-0.15, -0.1) is 19.8 Å². The molecular weight excluding hydrogens is 281 g/mol. The van der Waals surface area contributed by atoms with Gasteiger partial charge >= 0.3 is 6.36 Å². The first-order valence-electron chi connectivity index (χ1n) is 6.91. The third-order valence-corrected chi connectivity index (χ3v) is 3.46. The average Bonchev–Trinajstić information content (AvgIpc) is 2.44. The maximum absolute atomic E-state index is 12.3. The highest BCUT2D eigenvalue weighted by Gasteiger charge is 2.31. The molecule has 0 aromatic heterocycles. The molecule has 0 amide bonds. The zero-order valence-electron chi connectivity index (χ0n) is 11.7. The summed E-state index contributed by atoms with van der Waals surface area (Å²) in [5.41, 5.74) is 0.818. The van der Waals surface area contributed by atoms with Crippen LogP contribution in [0.1, 0.15) is 18.0 Å². The maximum atomic E-state index is 12.3. The first-order chi connectivity index (χ1) is 9.99. The number of hydrogen-bond acceptors (Lipinski definition) is 3. The van der Waals surface area contributed by atoms with Crippen molar-refractivity contribution in [2.75, 3.05) is 26.2 Å². The van der Waals surface area contributed by atoms with Gasteiger partial charge in [0.05, 0.1) is 0 Å². The van der Waals surface area contributed by atoms with Crippen molar-refractivity contribution < 1.29 is 17.9 Å². The van der Waals surface area contributed by atoms with Crippen LogP contribution in [0, 0.1) is 0 Å². The van der Waals surface area contributed by atoms with E-state index in [2.05, 4.69) is 21.5 Å². The molecule has 1 aliphatic heterocycles. The molecule has 1 aromatic carbocycles. The summed E-state index contributed by atoms with van der Waals surface area (Å²) < 4.78 is 41.0. The fourth-order valence-corrected chi connectivity index (χ4v) is 2.57. The SMILES string of the molecule is C=CC[C@H](c1cccc(OC(F)(F)F)c1)N1CCNCC1. The molecule has 0 unspecified atom stereocenters. The molecule has 2 rings (SSSR count). The number of hydrogen-bond donors (Lipinski definition) is 1. The minimum absolute atomic E-state index is 0.0291. The van der Waals surface area contributed by atoms with Gasteiger partial charge in [0, 0.05) is 32.2 Å². The molecule has 0 bridgehead atoms. The van der Waals surface area contributed by atoms with Gasteiger partial charge in [-0.2, -0.15) is 0 Å². The predicted molar refractivity (Wildman–Crippen MR) is 75.1 cm³/mol. The van der Waals surface area contributed by atoms with Crippen molar-refractivity contribution >= 4 is 0 Å². The zero-order chi connectivity index (χ0) is 15.3. The monoisotopic (exact) mass is 300 g/mol. The van der Waals surface area contributed by atoms with Gasteiger partial charge < -0.3 is 10.1 Å².